The second-order valence-electron chi connectivity index (χ2n) is 7.75. The number of hydrogen-bond acceptors (Lipinski definition) is 4. The number of methoxy groups -OCH3 is 1. The minimum absolute atomic E-state index is 0.0578. The maximum absolute atomic E-state index is 13.4. The standard InChI is InChI=1S/C26H22FN3O2S/c1-32-22-13-9-19(10-14-22)25-23(16-30(28-25)21-5-3-2-4-6-21)26-29(24(31)17-33-26)15-18-7-11-20(27)12-8-18/h2-14,16,26H,15,17H2,1H3. The van der Waals surface area contributed by atoms with Crippen molar-refractivity contribution in [2.75, 3.05) is 12.9 Å². The first-order chi connectivity index (χ1) is 16.1. The molecule has 1 saturated heterocycles. The van der Waals surface area contributed by atoms with Gasteiger partial charge in [0.2, 0.25) is 5.91 Å². The third-order valence-electron chi connectivity index (χ3n) is 5.63. The summed E-state index contributed by atoms with van der Waals surface area (Å²) in [5.41, 5.74) is 4.55. The third-order valence-corrected chi connectivity index (χ3v) is 6.86. The molecule has 2 heterocycles. The average molecular weight is 460 g/mol. The van der Waals surface area contributed by atoms with Gasteiger partial charge in [0.15, 0.2) is 0 Å². The molecule has 3 aromatic carbocycles. The Balaban J connectivity index is 1.56. The Morgan fingerprint density at radius 2 is 1.76 bits per heavy atom. The van der Waals surface area contributed by atoms with Gasteiger partial charge in [0.25, 0.3) is 0 Å². The number of thioether (sulfide) groups is 1. The van der Waals surface area contributed by atoms with Crippen molar-refractivity contribution < 1.29 is 13.9 Å². The van der Waals surface area contributed by atoms with Crippen LogP contribution in [0.5, 0.6) is 5.75 Å². The number of ether oxygens (including phenoxy) is 1. The van der Waals surface area contributed by atoms with Crippen LogP contribution in [-0.2, 0) is 11.3 Å². The Morgan fingerprint density at radius 1 is 1.03 bits per heavy atom. The smallest absolute Gasteiger partial charge is 0.234 e. The molecule has 5 nitrogen and oxygen atoms in total. The Labute approximate surface area is 195 Å². The van der Waals surface area contributed by atoms with Crippen molar-refractivity contribution in [2.45, 2.75) is 11.9 Å². The van der Waals surface area contributed by atoms with E-state index in [-0.39, 0.29) is 17.1 Å². The predicted molar refractivity (Wildman–Crippen MR) is 128 cm³/mol. The van der Waals surface area contributed by atoms with Gasteiger partial charge in [0, 0.05) is 23.9 Å². The largest absolute Gasteiger partial charge is 0.497 e. The summed E-state index contributed by atoms with van der Waals surface area (Å²) >= 11 is 1.58. The molecule has 1 aliphatic heterocycles. The summed E-state index contributed by atoms with van der Waals surface area (Å²) in [5.74, 6) is 0.932. The van der Waals surface area contributed by atoms with Crippen molar-refractivity contribution in [1.29, 1.82) is 0 Å². The number of rotatable bonds is 6. The van der Waals surface area contributed by atoms with Crippen molar-refractivity contribution in [1.82, 2.24) is 14.7 Å². The molecule has 4 aromatic rings. The highest BCUT2D eigenvalue weighted by Gasteiger charge is 2.36. The molecule has 1 amide bonds. The molecule has 0 spiro atoms. The number of hydrogen-bond donors (Lipinski definition) is 0. The normalized spacial score (nSPS) is 15.8. The van der Waals surface area contributed by atoms with Gasteiger partial charge in [-0.15, -0.1) is 11.8 Å². The fourth-order valence-electron chi connectivity index (χ4n) is 3.92. The summed E-state index contributed by atoms with van der Waals surface area (Å²) in [6.45, 7) is 0.412. The summed E-state index contributed by atoms with van der Waals surface area (Å²) in [6.07, 6.45) is 2.00. The number of benzene rings is 3. The maximum Gasteiger partial charge on any atom is 0.234 e. The highest BCUT2D eigenvalue weighted by molar-refractivity contribution is 8.00. The van der Waals surface area contributed by atoms with Gasteiger partial charge in [0.1, 0.15) is 16.9 Å². The second-order valence-corrected chi connectivity index (χ2v) is 8.82. The van der Waals surface area contributed by atoms with E-state index in [2.05, 4.69) is 0 Å². The van der Waals surface area contributed by atoms with Crippen LogP contribution in [0.4, 0.5) is 4.39 Å². The van der Waals surface area contributed by atoms with E-state index in [1.165, 1.54) is 12.1 Å². The van der Waals surface area contributed by atoms with Crippen LogP contribution < -0.4 is 4.74 Å². The van der Waals surface area contributed by atoms with Crippen LogP contribution in [0, 0.1) is 5.82 Å². The van der Waals surface area contributed by atoms with Crippen molar-refractivity contribution in [3.8, 4) is 22.7 Å². The van der Waals surface area contributed by atoms with Crippen LogP contribution >= 0.6 is 11.8 Å². The predicted octanol–water partition coefficient (Wildman–Crippen LogP) is 5.46. The van der Waals surface area contributed by atoms with E-state index < -0.39 is 0 Å². The van der Waals surface area contributed by atoms with E-state index in [1.807, 2.05) is 70.4 Å². The van der Waals surface area contributed by atoms with Crippen LogP contribution in [0.3, 0.4) is 0 Å². The van der Waals surface area contributed by atoms with Crippen LogP contribution in [0.15, 0.2) is 85.1 Å². The first kappa shape index (κ1) is 21.3. The van der Waals surface area contributed by atoms with Crippen molar-refractivity contribution >= 4 is 17.7 Å². The molecule has 166 valence electrons. The van der Waals surface area contributed by atoms with Crippen molar-refractivity contribution in [3.05, 3.63) is 102 Å². The van der Waals surface area contributed by atoms with Gasteiger partial charge in [-0.1, -0.05) is 30.3 Å². The molecular formula is C26H22FN3O2S. The quantitative estimate of drug-likeness (QED) is 0.384. The van der Waals surface area contributed by atoms with Gasteiger partial charge < -0.3 is 9.64 Å². The summed E-state index contributed by atoms with van der Waals surface area (Å²) in [4.78, 5) is 14.7. The van der Waals surface area contributed by atoms with E-state index in [0.29, 0.717) is 12.3 Å². The first-order valence-corrected chi connectivity index (χ1v) is 11.6. The van der Waals surface area contributed by atoms with E-state index >= 15 is 0 Å². The monoisotopic (exact) mass is 459 g/mol. The molecule has 0 radical (unpaired) electrons. The summed E-state index contributed by atoms with van der Waals surface area (Å²) < 4.78 is 20.5. The van der Waals surface area contributed by atoms with Crippen LogP contribution in [0.25, 0.3) is 16.9 Å². The van der Waals surface area contributed by atoms with Crippen LogP contribution in [0.2, 0.25) is 0 Å². The maximum atomic E-state index is 13.4. The lowest BCUT2D eigenvalue weighted by Crippen LogP contribution is -2.27. The zero-order chi connectivity index (χ0) is 22.8. The highest BCUT2D eigenvalue weighted by atomic mass is 32.2. The van der Waals surface area contributed by atoms with E-state index in [1.54, 1.807) is 31.0 Å². The Morgan fingerprint density at radius 3 is 2.45 bits per heavy atom. The molecule has 1 atom stereocenters. The van der Waals surface area contributed by atoms with Gasteiger partial charge in [-0.05, 0) is 54.1 Å². The van der Waals surface area contributed by atoms with Gasteiger partial charge in [-0.3, -0.25) is 4.79 Å². The molecule has 1 fully saturated rings. The average Bonchev–Trinajstić information content (AvgIpc) is 3.45. The van der Waals surface area contributed by atoms with E-state index in [0.717, 1.165) is 33.8 Å². The number of aromatic nitrogens is 2. The van der Waals surface area contributed by atoms with Crippen LogP contribution in [-0.4, -0.2) is 33.5 Å². The van der Waals surface area contributed by atoms with Gasteiger partial charge in [-0.2, -0.15) is 5.10 Å². The topological polar surface area (TPSA) is 47.4 Å². The summed E-state index contributed by atoms with van der Waals surface area (Å²) in [7, 11) is 1.64. The minimum Gasteiger partial charge on any atom is -0.497 e. The lowest BCUT2D eigenvalue weighted by molar-refractivity contribution is -0.128. The highest BCUT2D eigenvalue weighted by Crippen LogP contribution is 2.43. The number of halogens is 1. The molecule has 33 heavy (non-hydrogen) atoms. The van der Waals surface area contributed by atoms with E-state index in [4.69, 9.17) is 9.84 Å². The Hall–Kier alpha value is -3.58. The fraction of sp³-hybridized carbons (Fsp3) is 0.154. The molecule has 7 heteroatoms. The number of carbonyl (C=O) groups excluding carboxylic acids is 1. The summed E-state index contributed by atoms with van der Waals surface area (Å²) in [5, 5.41) is 4.71. The molecular weight excluding hydrogens is 437 g/mol. The van der Waals surface area contributed by atoms with Gasteiger partial charge in [-0.25, -0.2) is 9.07 Å². The first-order valence-electron chi connectivity index (χ1n) is 10.6. The fourth-order valence-corrected chi connectivity index (χ4v) is 5.11. The Kier molecular flexibility index (Phi) is 5.88. The molecule has 0 N–H and O–H groups in total. The second kappa shape index (κ2) is 9.11. The molecule has 5 rings (SSSR count). The number of nitrogens with zero attached hydrogens (tertiary/aromatic N) is 3. The lowest BCUT2D eigenvalue weighted by Gasteiger charge is -2.24. The third kappa shape index (κ3) is 4.36. The zero-order valence-electron chi connectivity index (χ0n) is 18.0. The molecule has 1 unspecified atom stereocenters. The van der Waals surface area contributed by atoms with E-state index in [9.17, 15) is 9.18 Å². The molecule has 1 aliphatic rings. The lowest BCUT2D eigenvalue weighted by atomic mass is 10.1. The molecule has 0 bridgehead atoms. The Bertz CT molecular complexity index is 1260. The molecule has 0 saturated carbocycles. The number of para-hydroxylation sites is 1. The summed E-state index contributed by atoms with van der Waals surface area (Å²) in [6, 6.07) is 24.0. The number of amides is 1. The van der Waals surface area contributed by atoms with Crippen molar-refractivity contribution in [2.24, 2.45) is 0 Å². The SMILES string of the molecule is COc1ccc(-c2nn(-c3ccccc3)cc2C2SCC(=O)N2Cc2ccc(F)cc2)cc1. The van der Waals surface area contributed by atoms with Crippen LogP contribution in [0.1, 0.15) is 16.5 Å². The number of carbonyl (C=O) groups is 1. The van der Waals surface area contributed by atoms with Gasteiger partial charge in [0.05, 0.1) is 24.2 Å². The van der Waals surface area contributed by atoms with Crippen molar-refractivity contribution in [3.63, 3.8) is 0 Å². The minimum atomic E-state index is -0.289. The molecule has 1 aromatic heterocycles. The zero-order valence-corrected chi connectivity index (χ0v) is 18.8. The van der Waals surface area contributed by atoms with Gasteiger partial charge >= 0.3 is 0 Å². The molecule has 0 aliphatic carbocycles.